The first kappa shape index (κ1) is 16.0. The lowest BCUT2D eigenvalue weighted by Gasteiger charge is -2.32. The number of likely N-dealkylation sites (tertiary alicyclic amines) is 1. The van der Waals surface area contributed by atoms with Gasteiger partial charge in [0.2, 0.25) is 5.91 Å². The first-order valence-corrected chi connectivity index (χ1v) is 7.79. The number of aryl methyl sites for hydroxylation is 1. The quantitative estimate of drug-likeness (QED) is 0.875. The number of amides is 1. The summed E-state index contributed by atoms with van der Waals surface area (Å²) >= 11 is 0. The van der Waals surface area contributed by atoms with Crippen molar-refractivity contribution in [3.8, 4) is 0 Å². The summed E-state index contributed by atoms with van der Waals surface area (Å²) in [5.41, 5.74) is 3.22. The summed E-state index contributed by atoms with van der Waals surface area (Å²) in [6.45, 7) is 6.66. The Labute approximate surface area is 127 Å². The number of benzene rings is 1. The highest BCUT2D eigenvalue weighted by atomic mass is 16.3. The maximum absolute atomic E-state index is 12.2. The minimum absolute atomic E-state index is 0.0494. The summed E-state index contributed by atoms with van der Waals surface area (Å²) in [7, 11) is 0. The minimum Gasteiger partial charge on any atom is -0.396 e. The fourth-order valence-corrected chi connectivity index (χ4v) is 2.99. The second kappa shape index (κ2) is 7.57. The van der Waals surface area contributed by atoms with Crippen LogP contribution in [0.1, 0.15) is 30.4 Å². The fourth-order valence-electron chi connectivity index (χ4n) is 2.99. The smallest absolute Gasteiger partial charge is 0.238 e. The molecule has 1 aromatic carbocycles. The molecular weight excluding hydrogens is 264 g/mol. The molecule has 0 spiro atoms. The molecule has 21 heavy (non-hydrogen) atoms. The van der Waals surface area contributed by atoms with Crippen molar-refractivity contribution in [3.63, 3.8) is 0 Å². The van der Waals surface area contributed by atoms with Crippen LogP contribution in [0.2, 0.25) is 0 Å². The highest BCUT2D eigenvalue weighted by Crippen LogP contribution is 2.20. The van der Waals surface area contributed by atoms with Gasteiger partial charge in [0.25, 0.3) is 0 Å². The Kier molecular flexibility index (Phi) is 5.76. The van der Waals surface area contributed by atoms with E-state index in [1.54, 1.807) is 0 Å². The lowest BCUT2D eigenvalue weighted by Crippen LogP contribution is -2.40. The van der Waals surface area contributed by atoms with E-state index in [-0.39, 0.29) is 12.5 Å². The number of hydrogen-bond donors (Lipinski definition) is 2. The predicted octanol–water partition coefficient (Wildman–Crippen LogP) is 2.34. The van der Waals surface area contributed by atoms with E-state index in [4.69, 9.17) is 5.11 Å². The van der Waals surface area contributed by atoms with Gasteiger partial charge in [-0.25, -0.2) is 0 Å². The molecule has 2 rings (SSSR count). The zero-order valence-corrected chi connectivity index (χ0v) is 13.1. The highest BCUT2D eigenvalue weighted by Gasteiger charge is 2.21. The van der Waals surface area contributed by atoms with Gasteiger partial charge >= 0.3 is 0 Å². The van der Waals surface area contributed by atoms with Crippen molar-refractivity contribution < 1.29 is 9.90 Å². The minimum atomic E-state index is 0.0494. The molecule has 0 saturated carbocycles. The van der Waals surface area contributed by atoms with Crippen LogP contribution in [0.15, 0.2) is 18.2 Å². The van der Waals surface area contributed by atoms with Crippen molar-refractivity contribution in [1.29, 1.82) is 0 Å². The van der Waals surface area contributed by atoms with E-state index in [2.05, 4.69) is 23.2 Å². The molecule has 116 valence electrons. The number of carbonyl (C=O) groups excluding carboxylic acids is 1. The normalized spacial score (nSPS) is 19.5. The molecule has 0 radical (unpaired) electrons. The van der Waals surface area contributed by atoms with Crippen molar-refractivity contribution in [2.24, 2.45) is 5.92 Å². The van der Waals surface area contributed by atoms with E-state index in [0.29, 0.717) is 12.5 Å². The Hall–Kier alpha value is -1.39. The van der Waals surface area contributed by atoms with E-state index in [0.717, 1.165) is 43.6 Å². The molecule has 0 aliphatic carbocycles. The summed E-state index contributed by atoms with van der Waals surface area (Å²) in [5, 5.41) is 12.1. The van der Waals surface area contributed by atoms with Crippen molar-refractivity contribution in [2.75, 3.05) is 31.6 Å². The number of carbonyl (C=O) groups is 1. The first-order valence-electron chi connectivity index (χ1n) is 7.79. The van der Waals surface area contributed by atoms with Gasteiger partial charge in [-0.05, 0) is 62.8 Å². The molecule has 2 N–H and O–H groups in total. The van der Waals surface area contributed by atoms with Crippen molar-refractivity contribution >= 4 is 11.6 Å². The van der Waals surface area contributed by atoms with Gasteiger partial charge in [0.15, 0.2) is 0 Å². The molecular formula is C17H26N2O2. The molecule has 1 saturated heterocycles. The Morgan fingerprint density at radius 3 is 3.00 bits per heavy atom. The number of hydrogen-bond acceptors (Lipinski definition) is 3. The highest BCUT2D eigenvalue weighted by molar-refractivity contribution is 5.93. The van der Waals surface area contributed by atoms with E-state index in [1.165, 1.54) is 5.56 Å². The van der Waals surface area contributed by atoms with E-state index < -0.39 is 0 Å². The zero-order valence-electron chi connectivity index (χ0n) is 13.1. The standard InChI is InChI=1S/C17H26N2O2/c1-13-5-3-7-16(14(13)2)18-17(21)12-19-9-4-6-15(11-19)8-10-20/h3,5,7,15,20H,4,6,8-12H2,1-2H3,(H,18,21). The second-order valence-electron chi connectivity index (χ2n) is 6.05. The van der Waals surface area contributed by atoms with Crippen LogP contribution >= 0.6 is 0 Å². The number of anilines is 1. The predicted molar refractivity (Wildman–Crippen MR) is 85.4 cm³/mol. The number of aliphatic hydroxyl groups is 1. The van der Waals surface area contributed by atoms with Gasteiger partial charge in [0.1, 0.15) is 0 Å². The maximum atomic E-state index is 12.2. The molecule has 1 aromatic rings. The van der Waals surface area contributed by atoms with Crippen molar-refractivity contribution in [2.45, 2.75) is 33.1 Å². The van der Waals surface area contributed by atoms with Crippen LogP contribution in [-0.4, -0.2) is 42.2 Å². The SMILES string of the molecule is Cc1cccc(NC(=O)CN2CCCC(CCO)C2)c1C. The van der Waals surface area contributed by atoms with E-state index >= 15 is 0 Å². The average Bonchev–Trinajstić information content (AvgIpc) is 2.44. The molecule has 1 aliphatic heterocycles. The largest absolute Gasteiger partial charge is 0.396 e. The number of nitrogens with one attached hydrogen (secondary N) is 1. The molecule has 0 bridgehead atoms. The summed E-state index contributed by atoms with van der Waals surface area (Å²) in [4.78, 5) is 14.4. The van der Waals surface area contributed by atoms with Gasteiger partial charge in [0, 0.05) is 18.8 Å². The fraction of sp³-hybridized carbons (Fsp3) is 0.588. The maximum Gasteiger partial charge on any atom is 0.238 e. The topological polar surface area (TPSA) is 52.6 Å². The lowest BCUT2D eigenvalue weighted by atomic mass is 9.95. The average molecular weight is 290 g/mol. The zero-order chi connectivity index (χ0) is 15.2. The van der Waals surface area contributed by atoms with Gasteiger partial charge in [-0.15, -0.1) is 0 Å². The molecule has 4 heteroatoms. The van der Waals surface area contributed by atoms with Crippen molar-refractivity contribution in [3.05, 3.63) is 29.3 Å². The Balaban J connectivity index is 1.88. The van der Waals surface area contributed by atoms with Crippen LogP contribution in [0.5, 0.6) is 0 Å². The molecule has 1 fully saturated rings. The third kappa shape index (κ3) is 4.55. The Bertz CT molecular complexity index is 486. The number of piperidine rings is 1. The summed E-state index contributed by atoms with van der Waals surface area (Å²) in [6, 6.07) is 5.97. The molecule has 1 atom stereocenters. The molecule has 1 amide bonds. The summed E-state index contributed by atoms with van der Waals surface area (Å²) < 4.78 is 0. The van der Waals surface area contributed by atoms with Crippen LogP contribution in [0.25, 0.3) is 0 Å². The van der Waals surface area contributed by atoms with Gasteiger partial charge in [-0.1, -0.05) is 12.1 Å². The van der Waals surface area contributed by atoms with Gasteiger partial charge in [-0.2, -0.15) is 0 Å². The molecule has 1 aliphatic rings. The van der Waals surface area contributed by atoms with Gasteiger partial charge in [-0.3, -0.25) is 9.69 Å². The first-order chi connectivity index (χ1) is 10.1. The number of rotatable bonds is 5. The second-order valence-corrected chi connectivity index (χ2v) is 6.05. The number of nitrogens with zero attached hydrogens (tertiary/aromatic N) is 1. The van der Waals surface area contributed by atoms with E-state index in [1.807, 2.05) is 19.1 Å². The van der Waals surface area contributed by atoms with Crippen molar-refractivity contribution in [1.82, 2.24) is 4.90 Å². The summed E-state index contributed by atoms with van der Waals surface area (Å²) in [5.74, 6) is 0.575. The Morgan fingerprint density at radius 1 is 1.43 bits per heavy atom. The van der Waals surface area contributed by atoms with Crippen LogP contribution < -0.4 is 5.32 Å². The third-order valence-corrected chi connectivity index (χ3v) is 4.39. The number of aliphatic hydroxyl groups excluding tert-OH is 1. The van der Waals surface area contributed by atoms with E-state index in [9.17, 15) is 4.79 Å². The van der Waals surface area contributed by atoms with Gasteiger partial charge < -0.3 is 10.4 Å². The molecule has 4 nitrogen and oxygen atoms in total. The van der Waals surface area contributed by atoms with Crippen LogP contribution in [0, 0.1) is 19.8 Å². The third-order valence-electron chi connectivity index (χ3n) is 4.39. The van der Waals surface area contributed by atoms with Crippen LogP contribution in [-0.2, 0) is 4.79 Å². The Morgan fingerprint density at radius 2 is 2.24 bits per heavy atom. The molecule has 1 heterocycles. The molecule has 1 unspecified atom stereocenters. The monoisotopic (exact) mass is 290 g/mol. The van der Waals surface area contributed by atoms with Gasteiger partial charge in [0.05, 0.1) is 6.54 Å². The van der Waals surface area contributed by atoms with Crippen LogP contribution in [0.4, 0.5) is 5.69 Å². The lowest BCUT2D eigenvalue weighted by molar-refractivity contribution is -0.117. The summed E-state index contributed by atoms with van der Waals surface area (Å²) in [6.07, 6.45) is 3.12. The van der Waals surface area contributed by atoms with Crippen LogP contribution in [0.3, 0.4) is 0 Å². The molecule has 0 aromatic heterocycles.